The highest BCUT2D eigenvalue weighted by Gasteiger charge is 2.30. The van der Waals surface area contributed by atoms with E-state index < -0.39 is 0 Å². The van der Waals surface area contributed by atoms with Crippen LogP contribution in [0.5, 0.6) is 0 Å². The van der Waals surface area contributed by atoms with Crippen molar-refractivity contribution in [3.63, 3.8) is 0 Å². The summed E-state index contributed by atoms with van der Waals surface area (Å²) in [5.74, 6) is 0.544. The average Bonchev–Trinajstić information content (AvgIpc) is 3.17. The first-order valence-electron chi connectivity index (χ1n) is 12.4. The summed E-state index contributed by atoms with van der Waals surface area (Å²) < 4.78 is 0. The van der Waals surface area contributed by atoms with E-state index >= 15 is 0 Å². The number of carbonyl (C=O) groups excluding carboxylic acids is 2. The van der Waals surface area contributed by atoms with E-state index in [1.165, 1.54) is 11.1 Å². The summed E-state index contributed by atoms with van der Waals surface area (Å²) in [6.45, 7) is 11.2. The van der Waals surface area contributed by atoms with Crippen LogP contribution in [-0.4, -0.2) is 59.3 Å². The molecule has 178 valence electrons. The molecular weight excluding hydrogens is 412 g/mol. The number of likely N-dealkylation sites (tertiary alicyclic amines) is 2. The van der Waals surface area contributed by atoms with Gasteiger partial charge in [-0.2, -0.15) is 0 Å². The van der Waals surface area contributed by atoms with Crippen molar-refractivity contribution in [3.8, 4) is 0 Å². The SMILES string of the molecule is Cc1ccc(CN2CCC(CNC(=O)C3CCCN(C(=O)c4[nH]c(C)cc4C)C3)CC2)cc1. The third-order valence-corrected chi connectivity index (χ3v) is 7.24. The van der Waals surface area contributed by atoms with Crippen LogP contribution in [0.15, 0.2) is 30.3 Å². The molecule has 2 N–H and O–H groups in total. The molecule has 2 saturated heterocycles. The molecule has 3 heterocycles. The number of hydrogen-bond donors (Lipinski definition) is 2. The summed E-state index contributed by atoms with van der Waals surface area (Å²) in [4.78, 5) is 33.4. The molecule has 2 aromatic rings. The van der Waals surface area contributed by atoms with Crippen molar-refractivity contribution in [1.82, 2.24) is 20.1 Å². The van der Waals surface area contributed by atoms with Crippen LogP contribution in [0, 0.1) is 32.6 Å². The van der Waals surface area contributed by atoms with Crippen molar-refractivity contribution < 1.29 is 9.59 Å². The highest BCUT2D eigenvalue weighted by atomic mass is 16.2. The molecule has 1 aromatic heterocycles. The van der Waals surface area contributed by atoms with Gasteiger partial charge in [-0.3, -0.25) is 14.5 Å². The first kappa shape index (κ1) is 23.6. The zero-order valence-electron chi connectivity index (χ0n) is 20.3. The van der Waals surface area contributed by atoms with E-state index in [0.717, 1.165) is 69.7 Å². The van der Waals surface area contributed by atoms with E-state index in [4.69, 9.17) is 0 Å². The molecule has 2 amide bonds. The Bertz CT molecular complexity index is 957. The van der Waals surface area contributed by atoms with Crippen molar-refractivity contribution in [2.75, 3.05) is 32.7 Å². The number of H-pyrrole nitrogens is 1. The van der Waals surface area contributed by atoms with Gasteiger partial charge in [0.25, 0.3) is 5.91 Å². The van der Waals surface area contributed by atoms with E-state index in [0.29, 0.717) is 18.2 Å². The molecule has 1 aromatic carbocycles. The van der Waals surface area contributed by atoms with Crippen LogP contribution in [0.1, 0.15) is 58.6 Å². The topological polar surface area (TPSA) is 68.4 Å². The molecule has 0 spiro atoms. The number of aryl methyl sites for hydroxylation is 3. The minimum Gasteiger partial charge on any atom is -0.356 e. The maximum atomic E-state index is 12.9. The molecule has 0 aliphatic carbocycles. The predicted molar refractivity (Wildman–Crippen MR) is 131 cm³/mol. The molecular formula is C27H38N4O2. The lowest BCUT2D eigenvalue weighted by Gasteiger charge is -2.34. The Hall–Kier alpha value is -2.60. The quantitative estimate of drug-likeness (QED) is 0.703. The van der Waals surface area contributed by atoms with Gasteiger partial charge in [-0.25, -0.2) is 0 Å². The number of amides is 2. The second kappa shape index (κ2) is 10.6. The normalized spacial score (nSPS) is 20.1. The van der Waals surface area contributed by atoms with Crippen LogP contribution in [0.25, 0.3) is 0 Å². The Labute approximate surface area is 197 Å². The number of piperidine rings is 2. The summed E-state index contributed by atoms with van der Waals surface area (Å²) in [7, 11) is 0. The summed E-state index contributed by atoms with van der Waals surface area (Å²) >= 11 is 0. The summed E-state index contributed by atoms with van der Waals surface area (Å²) in [6.07, 6.45) is 3.97. The molecule has 6 nitrogen and oxygen atoms in total. The Kier molecular flexibility index (Phi) is 7.53. The number of benzene rings is 1. The minimum absolute atomic E-state index is 0.0130. The maximum Gasteiger partial charge on any atom is 0.270 e. The summed E-state index contributed by atoms with van der Waals surface area (Å²) in [5, 5.41) is 3.20. The smallest absolute Gasteiger partial charge is 0.270 e. The number of nitrogens with zero attached hydrogens (tertiary/aromatic N) is 2. The van der Waals surface area contributed by atoms with E-state index in [1.54, 1.807) is 0 Å². The van der Waals surface area contributed by atoms with Crippen molar-refractivity contribution in [2.45, 2.75) is 53.0 Å². The number of aromatic nitrogens is 1. The molecule has 2 aliphatic heterocycles. The largest absolute Gasteiger partial charge is 0.356 e. The molecule has 1 atom stereocenters. The zero-order chi connectivity index (χ0) is 23.4. The highest BCUT2D eigenvalue weighted by Crippen LogP contribution is 2.22. The first-order chi connectivity index (χ1) is 15.9. The Balaban J connectivity index is 1.21. The van der Waals surface area contributed by atoms with Crippen LogP contribution < -0.4 is 5.32 Å². The molecule has 0 bridgehead atoms. The van der Waals surface area contributed by atoms with Crippen LogP contribution in [0.4, 0.5) is 0 Å². The summed E-state index contributed by atoms with van der Waals surface area (Å²) in [5.41, 5.74) is 5.29. The van der Waals surface area contributed by atoms with Gasteiger partial charge < -0.3 is 15.2 Å². The van der Waals surface area contributed by atoms with Crippen molar-refractivity contribution in [1.29, 1.82) is 0 Å². The second-order valence-electron chi connectivity index (χ2n) is 10.1. The third kappa shape index (κ3) is 6.05. The lowest BCUT2D eigenvalue weighted by atomic mass is 9.94. The van der Waals surface area contributed by atoms with Crippen molar-refractivity contribution >= 4 is 11.8 Å². The molecule has 2 fully saturated rings. The fourth-order valence-corrected chi connectivity index (χ4v) is 5.17. The van der Waals surface area contributed by atoms with Gasteiger partial charge in [0.05, 0.1) is 5.92 Å². The van der Waals surface area contributed by atoms with Crippen LogP contribution in [0.2, 0.25) is 0 Å². The zero-order valence-corrected chi connectivity index (χ0v) is 20.3. The fraction of sp³-hybridized carbons (Fsp3) is 0.556. The van der Waals surface area contributed by atoms with Gasteiger partial charge >= 0.3 is 0 Å². The number of carbonyl (C=O) groups is 2. The van der Waals surface area contributed by atoms with Gasteiger partial charge in [-0.15, -0.1) is 0 Å². The van der Waals surface area contributed by atoms with Crippen LogP contribution in [0.3, 0.4) is 0 Å². The molecule has 1 unspecified atom stereocenters. The van der Waals surface area contributed by atoms with E-state index in [2.05, 4.69) is 46.4 Å². The minimum atomic E-state index is -0.110. The van der Waals surface area contributed by atoms with Crippen molar-refractivity contribution in [2.24, 2.45) is 11.8 Å². The number of rotatable bonds is 6. The van der Waals surface area contributed by atoms with Gasteiger partial charge in [-0.05, 0) is 82.7 Å². The van der Waals surface area contributed by atoms with Gasteiger partial charge in [0.15, 0.2) is 0 Å². The molecule has 2 aliphatic rings. The third-order valence-electron chi connectivity index (χ3n) is 7.24. The Morgan fingerprint density at radius 1 is 1.03 bits per heavy atom. The van der Waals surface area contributed by atoms with Gasteiger partial charge in [0, 0.05) is 31.9 Å². The summed E-state index contributed by atoms with van der Waals surface area (Å²) in [6, 6.07) is 10.8. The second-order valence-corrected chi connectivity index (χ2v) is 10.1. The Morgan fingerprint density at radius 2 is 1.76 bits per heavy atom. The van der Waals surface area contributed by atoms with E-state index in [-0.39, 0.29) is 17.7 Å². The predicted octanol–water partition coefficient (Wildman–Crippen LogP) is 3.82. The molecule has 6 heteroatoms. The molecule has 4 rings (SSSR count). The standard InChI is InChI=1S/C27H38N4O2/c1-19-6-8-23(9-7-19)17-30-13-10-22(11-14-30)16-28-26(32)24-5-4-12-31(18-24)27(33)25-20(2)15-21(3)29-25/h6-9,15,22,24,29H,4-5,10-14,16-18H2,1-3H3,(H,28,32). The highest BCUT2D eigenvalue weighted by molar-refractivity contribution is 5.94. The average molecular weight is 451 g/mol. The Morgan fingerprint density at radius 3 is 2.42 bits per heavy atom. The molecule has 0 saturated carbocycles. The van der Waals surface area contributed by atoms with E-state index in [1.807, 2.05) is 24.8 Å². The number of hydrogen-bond acceptors (Lipinski definition) is 3. The lowest BCUT2D eigenvalue weighted by Crippen LogP contribution is -2.47. The lowest BCUT2D eigenvalue weighted by molar-refractivity contribution is -0.126. The first-order valence-corrected chi connectivity index (χ1v) is 12.4. The van der Waals surface area contributed by atoms with E-state index in [9.17, 15) is 9.59 Å². The molecule has 33 heavy (non-hydrogen) atoms. The maximum absolute atomic E-state index is 12.9. The number of aromatic amines is 1. The fourth-order valence-electron chi connectivity index (χ4n) is 5.17. The van der Waals surface area contributed by atoms with Gasteiger partial charge in [-0.1, -0.05) is 29.8 Å². The van der Waals surface area contributed by atoms with Gasteiger partial charge in [0.1, 0.15) is 5.69 Å². The number of nitrogens with one attached hydrogen (secondary N) is 2. The van der Waals surface area contributed by atoms with Crippen molar-refractivity contribution in [3.05, 3.63) is 58.4 Å². The van der Waals surface area contributed by atoms with Gasteiger partial charge in [0.2, 0.25) is 5.91 Å². The van der Waals surface area contributed by atoms with Crippen LogP contribution >= 0.6 is 0 Å². The monoisotopic (exact) mass is 450 g/mol. The molecule has 0 radical (unpaired) electrons. The van der Waals surface area contributed by atoms with Crippen LogP contribution in [-0.2, 0) is 11.3 Å².